The Bertz CT molecular complexity index is 493. The fraction of sp³-hybridized carbons (Fsp3) is 0.500. The molecule has 0 bridgehead atoms. The van der Waals surface area contributed by atoms with Gasteiger partial charge in [0.15, 0.2) is 0 Å². The smallest absolute Gasteiger partial charge is 0.0915 e. The molecule has 1 atom stereocenters. The molecule has 0 aromatic heterocycles. The highest BCUT2D eigenvalue weighted by molar-refractivity contribution is 6.38. The van der Waals surface area contributed by atoms with Crippen LogP contribution in [0.25, 0.3) is 0 Å². The molecule has 0 aliphatic rings. The predicted molar refractivity (Wildman–Crippen MR) is 73.6 cm³/mol. The maximum absolute atomic E-state index is 10.3. The topological polar surface area (TPSA) is 58.3 Å². The second kappa shape index (κ2) is 5.44. The molecule has 0 heterocycles. The van der Waals surface area contributed by atoms with Gasteiger partial charge in [-0.05, 0) is 38.5 Å². The van der Waals surface area contributed by atoms with Gasteiger partial charge in [0, 0.05) is 14.8 Å². The molecule has 0 saturated heterocycles. The largest absolute Gasteiger partial charge is 0.396 e. The summed E-state index contributed by atoms with van der Waals surface area (Å²) in [5, 5.41) is 13.0. The summed E-state index contributed by atoms with van der Waals surface area (Å²) in [4.78, 5) is 0. The minimum absolute atomic E-state index is 0.0599. The SMILES string of the molecule is [2H][13C]([2H])(NC(C)(C)C)[13C]([2H])(O)c1cc(Cl)c(N)c(Cl)c1. The lowest BCUT2D eigenvalue weighted by atomic mass is 10.1. The third-order valence-electron chi connectivity index (χ3n) is 1.91. The van der Waals surface area contributed by atoms with Crippen molar-refractivity contribution in [2.45, 2.75) is 32.4 Å². The summed E-state index contributed by atoms with van der Waals surface area (Å²) in [5.74, 6) is 0. The highest BCUT2D eigenvalue weighted by Gasteiger charge is 2.15. The zero-order chi connectivity index (χ0) is 15.9. The van der Waals surface area contributed by atoms with Crippen molar-refractivity contribution < 1.29 is 9.22 Å². The molecule has 1 aromatic carbocycles. The van der Waals surface area contributed by atoms with Crippen LogP contribution < -0.4 is 11.1 Å². The lowest BCUT2D eigenvalue weighted by molar-refractivity contribution is 0.163. The van der Waals surface area contributed by atoms with E-state index >= 15 is 0 Å². The number of aliphatic hydroxyl groups is 1. The minimum atomic E-state index is -2.58. The van der Waals surface area contributed by atoms with Gasteiger partial charge in [0.25, 0.3) is 0 Å². The Kier molecular flexibility index (Phi) is 3.34. The number of nitrogens with one attached hydrogen (secondary N) is 1. The van der Waals surface area contributed by atoms with E-state index < -0.39 is 18.1 Å². The van der Waals surface area contributed by atoms with Gasteiger partial charge in [-0.25, -0.2) is 0 Å². The van der Waals surface area contributed by atoms with E-state index in [0.717, 1.165) is 0 Å². The van der Waals surface area contributed by atoms with E-state index in [1.807, 2.05) is 0 Å². The number of hydrogen-bond donors (Lipinski definition) is 3. The van der Waals surface area contributed by atoms with Crippen LogP contribution in [0.3, 0.4) is 0 Å². The van der Waals surface area contributed by atoms with Crippen LogP contribution >= 0.6 is 23.2 Å². The molecule has 1 unspecified atom stereocenters. The highest BCUT2D eigenvalue weighted by Crippen LogP contribution is 2.31. The zero-order valence-corrected chi connectivity index (χ0v) is 11.4. The van der Waals surface area contributed by atoms with Gasteiger partial charge in [0.05, 0.1) is 23.2 Å². The summed E-state index contributed by atoms with van der Waals surface area (Å²) in [6, 6.07) is 2.47. The van der Waals surface area contributed by atoms with Gasteiger partial charge in [-0.1, -0.05) is 23.2 Å². The van der Waals surface area contributed by atoms with Crippen molar-refractivity contribution in [3.05, 3.63) is 27.7 Å². The Morgan fingerprint density at radius 2 is 1.94 bits per heavy atom. The summed E-state index contributed by atoms with van der Waals surface area (Å²) in [7, 11) is 0. The van der Waals surface area contributed by atoms with Crippen LogP contribution in [0.4, 0.5) is 5.69 Å². The van der Waals surface area contributed by atoms with E-state index in [-0.39, 0.29) is 21.3 Å². The molecule has 4 N–H and O–H groups in total. The summed E-state index contributed by atoms with van der Waals surface area (Å²) in [6.45, 7) is 2.76. The van der Waals surface area contributed by atoms with Crippen molar-refractivity contribution in [3.63, 3.8) is 0 Å². The number of nitrogen functional groups attached to an aromatic ring is 1. The number of benzene rings is 1. The molecule has 0 spiro atoms. The standard InChI is InChI=1S/C12H18Cl2N2O/c1-12(2,3)16-6-10(17)7-4-8(13)11(15)9(14)5-7/h4-5,10,16-17H,6,15H2,1-3H3/i6+1D2,10+1D. The molecule has 96 valence electrons. The van der Waals surface area contributed by atoms with Crippen molar-refractivity contribution in [2.24, 2.45) is 0 Å². The van der Waals surface area contributed by atoms with Gasteiger partial charge >= 0.3 is 0 Å². The van der Waals surface area contributed by atoms with Crippen LogP contribution in [-0.2, 0) is 0 Å². The fourth-order valence-corrected chi connectivity index (χ4v) is 1.53. The third kappa shape index (κ3) is 4.36. The van der Waals surface area contributed by atoms with E-state index in [9.17, 15) is 5.11 Å². The molecule has 1 rings (SSSR count). The average molecular weight is 282 g/mol. The van der Waals surface area contributed by atoms with Crippen LogP contribution in [0.5, 0.6) is 0 Å². The van der Waals surface area contributed by atoms with Crippen LogP contribution in [0.2, 0.25) is 10.0 Å². The van der Waals surface area contributed by atoms with Gasteiger partial charge in [0.1, 0.15) is 0 Å². The summed E-state index contributed by atoms with van der Waals surface area (Å²) in [5.41, 5.74) is 4.99. The molecular formula is C12H18Cl2N2O. The maximum atomic E-state index is 10.3. The average Bonchev–Trinajstić information content (AvgIpc) is 2.21. The Labute approximate surface area is 116 Å². The maximum Gasteiger partial charge on any atom is 0.0915 e. The van der Waals surface area contributed by atoms with Gasteiger partial charge in [-0.15, -0.1) is 0 Å². The second-order valence-electron chi connectivity index (χ2n) is 4.70. The molecule has 3 nitrogen and oxygen atoms in total. The monoisotopic (exact) mass is 281 g/mol. The van der Waals surface area contributed by atoms with Crippen LogP contribution in [0, 0.1) is 0 Å². The van der Waals surface area contributed by atoms with Crippen molar-refractivity contribution >= 4 is 28.9 Å². The van der Waals surface area contributed by atoms with E-state index in [4.69, 9.17) is 33.0 Å². The number of nitrogens with two attached hydrogens (primary N) is 1. The van der Waals surface area contributed by atoms with Crippen LogP contribution in [0.1, 0.15) is 36.5 Å². The van der Waals surface area contributed by atoms with Gasteiger partial charge in [-0.3, -0.25) is 0 Å². The Hall–Kier alpha value is -0.480. The molecule has 0 aliphatic heterocycles. The fourth-order valence-electron chi connectivity index (χ4n) is 1.04. The molecule has 17 heavy (non-hydrogen) atoms. The Morgan fingerprint density at radius 3 is 2.35 bits per heavy atom. The molecular weight excluding hydrogens is 261 g/mol. The van der Waals surface area contributed by atoms with Gasteiger partial charge in [-0.2, -0.15) is 0 Å². The first-order valence-corrected chi connectivity index (χ1v) is 5.80. The van der Waals surface area contributed by atoms with Crippen molar-refractivity contribution in [1.82, 2.24) is 5.32 Å². The minimum Gasteiger partial charge on any atom is -0.396 e. The second-order valence-corrected chi connectivity index (χ2v) is 5.52. The van der Waals surface area contributed by atoms with Crippen molar-refractivity contribution in [1.29, 1.82) is 0 Å². The summed E-state index contributed by atoms with van der Waals surface area (Å²) >= 11 is 11.7. The van der Waals surface area contributed by atoms with Crippen LogP contribution in [0.15, 0.2) is 12.1 Å². The lowest BCUT2D eigenvalue weighted by Gasteiger charge is -2.23. The van der Waals surface area contributed by atoms with Crippen LogP contribution in [-0.4, -0.2) is 17.1 Å². The van der Waals surface area contributed by atoms with E-state index in [1.165, 1.54) is 12.1 Å². The molecule has 0 saturated carbocycles. The van der Waals surface area contributed by atoms with Crippen molar-refractivity contribution in [3.8, 4) is 0 Å². The van der Waals surface area contributed by atoms with Gasteiger partial charge in [0.2, 0.25) is 0 Å². The summed E-state index contributed by atoms with van der Waals surface area (Å²) < 4.78 is 23.8. The van der Waals surface area contributed by atoms with Crippen molar-refractivity contribution in [2.75, 3.05) is 12.2 Å². The van der Waals surface area contributed by atoms with E-state index in [1.54, 1.807) is 20.8 Å². The molecule has 0 fully saturated rings. The predicted octanol–water partition coefficient (Wildman–Crippen LogP) is 3.00. The van der Waals surface area contributed by atoms with E-state index in [2.05, 4.69) is 5.32 Å². The third-order valence-corrected chi connectivity index (χ3v) is 2.53. The highest BCUT2D eigenvalue weighted by atomic mass is 35.5. The normalized spacial score (nSPS) is 19.1. The quantitative estimate of drug-likeness (QED) is 0.590. The summed E-state index contributed by atoms with van der Waals surface area (Å²) in [6.07, 6.45) is -2.58. The van der Waals surface area contributed by atoms with Gasteiger partial charge < -0.3 is 16.2 Å². The Morgan fingerprint density at radius 1 is 1.47 bits per heavy atom. The first kappa shape index (κ1) is 10.4. The lowest BCUT2D eigenvalue weighted by Crippen LogP contribution is -2.38. The zero-order valence-electron chi connectivity index (χ0n) is 12.9. The molecule has 0 radical (unpaired) electrons. The number of halogens is 2. The molecule has 1 aromatic rings. The molecule has 0 amide bonds. The first-order valence-electron chi connectivity index (χ1n) is 6.54. The number of anilines is 1. The molecule has 0 aliphatic carbocycles. The molecule has 5 heteroatoms. The van der Waals surface area contributed by atoms with E-state index in [0.29, 0.717) is 0 Å². The first-order chi connectivity index (χ1) is 8.78. The number of β-amino-alcohol motifs (C(OH)–C–C–N with tert-alkyl or cyclic N) is 1. The number of hydrogen-bond acceptors (Lipinski definition) is 3. The Balaban J connectivity index is 3.28. The number of rotatable bonds is 3.